The molecule has 92 valence electrons. The molecule has 0 spiro atoms. The Bertz CT molecular complexity index is 542. The molecule has 0 fully saturated rings. The minimum Gasteiger partial charge on any atom is -0.481 e. The maximum Gasteiger partial charge on any atom is 0.227 e. The molecule has 0 aliphatic carbocycles. The Balaban J connectivity index is 2.00. The van der Waals surface area contributed by atoms with E-state index in [-0.39, 0.29) is 0 Å². The van der Waals surface area contributed by atoms with Gasteiger partial charge in [-0.2, -0.15) is 10.2 Å². The van der Waals surface area contributed by atoms with Crippen molar-refractivity contribution in [3.8, 4) is 11.9 Å². The summed E-state index contributed by atoms with van der Waals surface area (Å²) in [5, 5.41) is 12.3. The number of hydrogen-bond acceptors (Lipinski definition) is 6. The van der Waals surface area contributed by atoms with Crippen LogP contribution in [0.15, 0.2) is 22.9 Å². The number of nitrogens with zero attached hydrogens (tertiary/aromatic N) is 4. The number of nitriles is 1. The monoisotopic (exact) mass is 244 g/mol. The molecular formula is C12H12N4O2. The van der Waals surface area contributed by atoms with Gasteiger partial charge in [-0.15, -0.1) is 0 Å². The summed E-state index contributed by atoms with van der Waals surface area (Å²) in [7, 11) is 1.57. The maximum atomic E-state index is 8.46. The zero-order valence-corrected chi connectivity index (χ0v) is 9.96. The summed E-state index contributed by atoms with van der Waals surface area (Å²) in [6, 6.07) is 5.72. The third-order valence-corrected chi connectivity index (χ3v) is 2.33. The summed E-state index contributed by atoms with van der Waals surface area (Å²) in [5.74, 6) is 1.66. The van der Waals surface area contributed by atoms with Crippen LogP contribution in [0, 0.1) is 11.3 Å². The Morgan fingerprint density at radius 2 is 2.33 bits per heavy atom. The second-order valence-electron chi connectivity index (χ2n) is 3.65. The van der Waals surface area contributed by atoms with Crippen molar-refractivity contribution in [2.45, 2.75) is 19.3 Å². The quantitative estimate of drug-likeness (QED) is 0.792. The van der Waals surface area contributed by atoms with Gasteiger partial charge in [-0.1, -0.05) is 11.2 Å². The molecule has 0 radical (unpaired) electrons. The van der Waals surface area contributed by atoms with E-state index < -0.39 is 0 Å². The summed E-state index contributed by atoms with van der Waals surface area (Å²) in [5.41, 5.74) is 0.975. The van der Waals surface area contributed by atoms with Crippen molar-refractivity contribution in [1.82, 2.24) is 15.1 Å². The fourth-order valence-corrected chi connectivity index (χ4v) is 1.45. The number of hydrogen-bond donors (Lipinski definition) is 0. The normalized spacial score (nSPS) is 10.0. The number of methoxy groups -OCH3 is 1. The first-order valence-corrected chi connectivity index (χ1v) is 5.49. The van der Waals surface area contributed by atoms with E-state index >= 15 is 0 Å². The Morgan fingerprint density at radius 1 is 1.44 bits per heavy atom. The predicted octanol–water partition coefficient (Wildman–Crippen LogP) is 1.52. The molecule has 0 unspecified atom stereocenters. The summed E-state index contributed by atoms with van der Waals surface area (Å²) in [6.07, 6.45) is 3.13. The van der Waals surface area contributed by atoms with E-state index in [1.54, 1.807) is 19.4 Å². The van der Waals surface area contributed by atoms with E-state index in [1.807, 2.05) is 12.1 Å². The van der Waals surface area contributed by atoms with Gasteiger partial charge in [0.05, 0.1) is 13.2 Å². The summed E-state index contributed by atoms with van der Waals surface area (Å²) in [6.45, 7) is 0. The van der Waals surface area contributed by atoms with Crippen LogP contribution in [0.5, 0.6) is 5.88 Å². The van der Waals surface area contributed by atoms with Crippen LogP contribution in [0.2, 0.25) is 0 Å². The lowest BCUT2D eigenvalue weighted by Crippen LogP contribution is -1.94. The molecule has 0 aromatic carbocycles. The highest BCUT2D eigenvalue weighted by Gasteiger charge is 2.07. The first-order valence-electron chi connectivity index (χ1n) is 5.49. The van der Waals surface area contributed by atoms with Gasteiger partial charge in [0, 0.05) is 31.5 Å². The molecular weight excluding hydrogens is 232 g/mol. The second-order valence-corrected chi connectivity index (χ2v) is 3.65. The van der Waals surface area contributed by atoms with Gasteiger partial charge < -0.3 is 9.26 Å². The molecule has 0 amide bonds. The Hall–Kier alpha value is -2.42. The van der Waals surface area contributed by atoms with Gasteiger partial charge >= 0.3 is 0 Å². The van der Waals surface area contributed by atoms with E-state index in [9.17, 15) is 0 Å². The lowest BCUT2D eigenvalue weighted by Gasteiger charge is -1.99. The van der Waals surface area contributed by atoms with Crippen LogP contribution >= 0.6 is 0 Å². The van der Waals surface area contributed by atoms with Crippen molar-refractivity contribution in [2.24, 2.45) is 0 Å². The van der Waals surface area contributed by atoms with Gasteiger partial charge in [0.25, 0.3) is 0 Å². The Labute approximate surface area is 104 Å². The van der Waals surface area contributed by atoms with E-state index in [0.717, 1.165) is 5.56 Å². The number of aryl methyl sites for hydroxylation is 1. The molecule has 2 aromatic rings. The highest BCUT2D eigenvalue weighted by Crippen LogP contribution is 2.10. The fraction of sp³-hybridized carbons (Fsp3) is 0.333. The predicted molar refractivity (Wildman–Crippen MR) is 61.8 cm³/mol. The molecule has 0 aliphatic rings. The molecule has 18 heavy (non-hydrogen) atoms. The van der Waals surface area contributed by atoms with E-state index in [0.29, 0.717) is 36.9 Å². The lowest BCUT2D eigenvalue weighted by atomic mass is 10.2. The SMILES string of the molecule is COc1ccc(Cc2noc(CCC#N)n2)cn1. The molecule has 0 saturated heterocycles. The van der Waals surface area contributed by atoms with Crippen molar-refractivity contribution >= 4 is 0 Å². The molecule has 2 rings (SSSR count). The topological polar surface area (TPSA) is 84.8 Å². The largest absolute Gasteiger partial charge is 0.481 e. The van der Waals surface area contributed by atoms with Crippen LogP contribution in [-0.2, 0) is 12.8 Å². The third-order valence-electron chi connectivity index (χ3n) is 2.33. The van der Waals surface area contributed by atoms with Crippen LogP contribution < -0.4 is 4.74 Å². The van der Waals surface area contributed by atoms with Gasteiger partial charge in [0.2, 0.25) is 11.8 Å². The minimum atomic E-state index is 0.381. The third kappa shape index (κ3) is 3.04. The molecule has 2 heterocycles. The Kier molecular flexibility index (Phi) is 3.86. The molecule has 6 nitrogen and oxygen atoms in total. The average molecular weight is 244 g/mol. The Morgan fingerprint density at radius 3 is 3.00 bits per heavy atom. The van der Waals surface area contributed by atoms with Crippen LogP contribution in [0.1, 0.15) is 23.7 Å². The van der Waals surface area contributed by atoms with Gasteiger partial charge in [-0.05, 0) is 5.56 Å². The van der Waals surface area contributed by atoms with Crippen LogP contribution in [0.4, 0.5) is 0 Å². The van der Waals surface area contributed by atoms with Crippen molar-refractivity contribution in [3.05, 3.63) is 35.6 Å². The molecule has 6 heteroatoms. The summed E-state index contributed by atoms with van der Waals surface area (Å²) in [4.78, 5) is 8.30. The molecule has 2 aromatic heterocycles. The van der Waals surface area contributed by atoms with Crippen molar-refractivity contribution in [3.63, 3.8) is 0 Å². The van der Waals surface area contributed by atoms with Crippen molar-refractivity contribution in [1.29, 1.82) is 5.26 Å². The summed E-state index contributed by atoms with van der Waals surface area (Å²) >= 11 is 0. The maximum absolute atomic E-state index is 8.46. The zero-order chi connectivity index (χ0) is 12.8. The van der Waals surface area contributed by atoms with Crippen LogP contribution in [-0.4, -0.2) is 22.2 Å². The fourth-order valence-electron chi connectivity index (χ4n) is 1.45. The zero-order valence-electron chi connectivity index (χ0n) is 9.96. The van der Waals surface area contributed by atoms with Gasteiger partial charge in [-0.3, -0.25) is 0 Å². The number of rotatable bonds is 5. The van der Waals surface area contributed by atoms with Crippen LogP contribution in [0.3, 0.4) is 0 Å². The number of aromatic nitrogens is 3. The standard InChI is InChI=1S/C12H12N4O2/c1-17-11-5-4-9(8-14-11)7-10-15-12(18-16-10)3-2-6-13/h4-5,8H,2-3,7H2,1H3. The van der Waals surface area contributed by atoms with E-state index in [4.69, 9.17) is 14.5 Å². The van der Waals surface area contributed by atoms with E-state index in [2.05, 4.69) is 15.1 Å². The molecule has 0 aliphatic heterocycles. The highest BCUT2D eigenvalue weighted by molar-refractivity contribution is 5.20. The second kappa shape index (κ2) is 5.77. The van der Waals surface area contributed by atoms with E-state index in [1.165, 1.54) is 0 Å². The number of ether oxygens (including phenoxy) is 1. The van der Waals surface area contributed by atoms with Gasteiger partial charge in [0.1, 0.15) is 0 Å². The number of pyridine rings is 1. The van der Waals surface area contributed by atoms with Gasteiger partial charge in [0.15, 0.2) is 5.82 Å². The smallest absolute Gasteiger partial charge is 0.227 e. The molecule has 0 saturated carbocycles. The first-order chi connectivity index (χ1) is 8.81. The van der Waals surface area contributed by atoms with Crippen molar-refractivity contribution in [2.75, 3.05) is 7.11 Å². The highest BCUT2D eigenvalue weighted by atomic mass is 16.5. The average Bonchev–Trinajstić information content (AvgIpc) is 2.85. The molecule has 0 bridgehead atoms. The minimum absolute atomic E-state index is 0.381. The molecule has 0 atom stereocenters. The first kappa shape index (κ1) is 12.0. The molecule has 0 N–H and O–H groups in total. The summed E-state index contributed by atoms with van der Waals surface area (Å²) < 4.78 is 10.0. The van der Waals surface area contributed by atoms with Gasteiger partial charge in [-0.25, -0.2) is 4.98 Å². The van der Waals surface area contributed by atoms with Crippen molar-refractivity contribution < 1.29 is 9.26 Å². The van der Waals surface area contributed by atoms with Crippen LogP contribution in [0.25, 0.3) is 0 Å². The lowest BCUT2D eigenvalue weighted by molar-refractivity contribution is 0.374.